The summed E-state index contributed by atoms with van der Waals surface area (Å²) in [4.78, 5) is 34.5. The summed E-state index contributed by atoms with van der Waals surface area (Å²) in [6.45, 7) is 4.64. The van der Waals surface area contributed by atoms with E-state index in [4.69, 9.17) is 25.8 Å². The van der Waals surface area contributed by atoms with Crippen LogP contribution in [0, 0.1) is 5.92 Å². The van der Waals surface area contributed by atoms with E-state index in [1.807, 2.05) is 0 Å². The lowest BCUT2D eigenvalue weighted by Gasteiger charge is -2.38. The van der Waals surface area contributed by atoms with Gasteiger partial charge in [-0.2, -0.15) is 0 Å². The number of hydrogen-bond acceptors (Lipinski definition) is 6. The molecule has 23 heavy (non-hydrogen) atoms. The first-order valence-electron chi connectivity index (χ1n) is 7.29. The van der Waals surface area contributed by atoms with Crippen molar-refractivity contribution in [1.29, 1.82) is 0 Å². The average molecular weight is 343 g/mol. The van der Waals surface area contributed by atoms with Crippen LogP contribution < -0.4 is 0 Å². The summed E-state index contributed by atoms with van der Waals surface area (Å²) < 4.78 is 16.1. The van der Waals surface area contributed by atoms with Crippen LogP contribution in [0.2, 0.25) is 0 Å². The van der Waals surface area contributed by atoms with E-state index in [9.17, 15) is 14.4 Å². The third-order valence-electron chi connectivity index (χ3n) is 4.04. The molecule has 6 nitrogen and oxygen atoms in total. The Morgan fingerprint density at radius 2 is 2.04 bits per heavy atom. The third kappa shape index (κ3) is 3.64. The molecule has 0 aromatic heterocycles. The van der Waals surface area contributed by atoms with Crippen LogP contribution in [0.15, 0.2) is 22.8 Å². The summed E-state index contributed by atoms with van der Waals surface area (Å²) in [5.74, 6) is -1.77. The van der Waals surface area contributed by atoms with Crippen molar-refractivity contribution in [2.45, 2.75) is 38.9 Å². The van der Waals surface area contributed by atoms with Crippen LogP contribution in [0.5, 0.6) is 0 Å². The molecular weight excluding hydrogens is 324 g/mol. The predicted octanol–water partition coefficient (Wildman–Crippen LogP) is 1.91. The maximum absolute atomic E-state index is 12.2. The van der Waals surface area contributed by atoms with Crippen molar-refractivity contribution in [3.05, 3.63) is 22.8 Å². The Bertz CT molecular complexity index is 589. The van der Waals surface area contributed by atoms with Crippen molar-refractivity contribution in [3.63, 3.8) is 0 Å². The lowest BCUT2D eigenvalue weighted by Crippen LogP contribution is -2.49. The zero-order chi connectivity index (χ0) is 17.2. The molecule has 1 saturated heterocycles. The Labute approximate surface area is 139 Å². The Hall–Kier alpha value is -1.66. The van der Waals surface area contributed by atoms with Gasteiger partial charge in [0.2, 0.25) is 0 Å². The molecule has 0 aromatic carbocycles. The number of ketones is 1. The van der Waals surface area contributed by atoms with Gasteiger partial charge < -0.3 is 14.2 Å². The van der Waals surface area contributed by atoms with Crippen LogP contribution in [-0.4, -0.2) is 42.6 Å². The van der Waals surface area contributed by atoms with Crippen molar-refractivity contribution >= 4 is 29.3 Å². The Morgan fingerprint density at radius 1 is 1.35 bits per heavy atom. The minimum Gasteiger partial charge on any atom is -0.466 e. The van der Waals surface area contributed by atoms with E-state index in [-0.39, 0.29) is 19.0 Å². The zero-order valence-electron chi connectivity index (χ0n) is 13.3. The molecule has 126 valence electrons. The van der Waals surface area contributed by atoms with E-state index >= 15 is 0 Å². The summed E-state index contributed by atoms with van der Waals surface area (Å²) >= 11 is 6.14. The van der Waals surface area contributed by atoms with Gasteiger partial charge in [-0.1, -0.05) is 11.6 Å². The number of ether oxygens (including phenoxy) is 3. The van der Waals surface area contributed by atoms with Crippen LogP contribution in [0.3, 0.4) is 0 Å². The summed E-state index contributed by atoms with van der Waals surface area (Å²) in [7, 11) is 0. The average Bonchev–Trinajstić information content (AvgIpc) is 2.82. The number of hydrogen-bond donors (Lipinski definition) is 0. The molecular formula is C16H19ClO6. The second-order valence-electron chi connectivity index (χ2n) is 5.64. The SMILES string of the molecule is CC(=O)OCC[C@@]12C=CC(=O)[C@@H](OC(C)=O)[C@@H]1/C(=C(\C)Cl)CO2. The Kier molecular flexibility index (Phi) is 5.26. The fraction of sp³-hybridized carbons (Fsp3) is 0.562. The molecule has 0 spiro atoms. The van der Waals surface area contributed by atoms with E-state index in [0.717, 1.165) is 5.57 Å². The highest BCUT2D eigenvalue weighted by atomic mass is 35.5. The highest BCUT2D eigenvalue weighted by molar-refractivity contribution is 6.29. The first-order chi connectivity index (χ1) is 10.8. The molecule has 1 fully saturated rings. The number of fused-ring (bicyclic) bond motifs is 1. The Balaban J connectivity index is 2.37. The smallest absolute Gasteiger partial charge is 0.303 e. The predicted molar refractivity (Wildman–Crippen MR) is 81.7 cm³/mol. The molecule has 2 aliphatic rings. The number of esters is 2. The van der Waals surface area contributed by atoms with E-state index < -0.39 is 29.6 Å². The quantitative estimate of drug-likeness (QED) is 0.726. The lowest BCUT2D eigenvalue weighted by atomic mass is 9.73. The van der Waals surface area contributed by atoms with Crippen LogP contribution in [-0.2, 0) is 28.6 Å². The van der Waals surface area contributed by atoms with Gasteiger partial charge in [0.15, 0.2) is 11.9 Å². The normalized spacial score (nSPS) is 31.6. The highest BCUT2D eigenvalue weighted by Crippen LogP contribution is 2.47. The van der Waals surface area contributed by atoms with Gasteiger partial charge in [-0.3, -0.25) is 14.4 Å². The molecule has 1 aliphatic heterocycles. The summed E-state index contributed by atoms with van der Waals surface area (Å²) in [5.41, 5.74) is -0.159. The summed E-state index contributed by atoms with van der Waals surface area (Å²) in [6.07, 6.45) is 2.36. The number of halogens is 1. The van der Waals surface area contributed by atoms with E-state index in [1.54, 1.807) is 13.0 Å². The third-order valence-corrected chi connectivity index (χ3v) is 4.29. The van der Waals surface area contributed by atoms with Crippen molar-refractivity contribution < 1.29 is 28.6 Å². The number of carbonyl (C=O) groups is 3. The number of rotatable bonds is 4. The molecule has 3 atom stereocenters. The molecule has 0 radical (unpaired) electrons. The maximum atomic E-state index is 12.2. The fourth-order valence-electron chi connectivity index (χ4n) is 3.04. The van der Waals surface area contributed by atoms with Gasteiger partial charge in [-0.15, -0.1) is 0 Å². The Morgan fingerprint density at radius 3 is 2.61 bits per heavy atom. The van der Waals surface area contributed by atoms with Crippen molar-refractivity contribution in [2.75, 3.05) is 13.2 Å². The monoisotopic (exact) mass is 342 g/mol. The van der Waals surface area contributed by atoms with E-state index in [0.29, 0.717) is 11.5 Å². The van der Waals surface area contributed by atoms with E-state index in [2.05, 4.69) is 0 Å². The van der Waals surface area contributed by atoms with E-state index in [1.165, 1.54) is 19.9 Å². The molecule has 0 aromatic rings. The molecule has 1 heterocycles. The van der Waals surface area contributed by atoms with Gasteiger partial charge in [0.25, 0.3) is 0 Å². The fourth-order valence-corrected chi connectivity index (χ4v) is 3.22. The second-order valence-corrected chi connectivity index (χ2v) is 6.20. The van der Waals surface area contributed by atoms with Gasteiger partial charge in [0.1, 0.15) is 5.60 Å². The van der Waals surface area contributed by atoms with Gasteiger partial charge in [-0.25, -0.2) is 0 Å². The topological polar surface area (TPSA) is 78.9 Å². The van der Waals surface area contributed by atoms with Crippen LogP contribution in [0.4, 0.5) is 0 Å². The van der Waals surface area contributed by atoms with Crippen molar-refractivity contribution in [1.82, 2.24) is 0 Å². The van der Waals surface area contributed by atoms with Crippen LogP contribution >= 0.6 is 11.6 Å². The van der Waals surface area contributed by atoms with Crippen molar-refractivity contribution in [3.8, 4) is 0 Å². The first kappa shape index (κ1) is 17.7. The van der Waals surface area contributed by atoms with Gasteiger partial charge in [0.05, 0.1) is 19.1 Å². The minimum atomic E-state index is -0.985. The molecule has 0 unspecified atom stereocenters. The molecule has 0 bridgehead atoms. The van der Waals surface area contributed by atoms with Gasteiger partial charge in [-0.05, 0) is 24.6 Å². The standard InChI is InChI=1S/C16H19ClO6/c1-9(17)12-8-22-16(6-7-21-10(2)18)5-4-13(20)15(14(12)16)23-11(3)19/h4-5,14-15H,6-8H2,1-3H3/b12-9+/t14-,15+,16-/m0/s1. The molecule has 0 saturated carbocycles. The lowest BCUT2D eigenvalue weighted by molar-refractivity contribution is -0.159. The minimum absolute atomic E-state index is 0.131. The van der Waals surface area contributed by atoms with Crippen LogP contribution in [0.1, 0.15) is 27.2 Å². The van der Waals surface area contributed by atoms with Gasteiger partial charge in [0, 0.05) is 25.3 Å². The summed E-state index contributed by atoms with van der Waals surface area (Å²) in [5, 5.41) is 0.504. The number of carbonyl (C=O) groups excluding carboxylic acids is 3. The maximum Gasteiger partial charge on any atom is 0.303 e. The van der Waals surface area contributed by atoms with Gasteiger partial charge >= 0.3 is 11.9 Å². The zero-order valence-corrected chi connectivity index (χ0v) is 14.0. The second kappa shape index (κ2) is 6.84. The number of allylic oxidation sites excluding steroid dienone is 1. The molecule has 7 heteroatoms. The molecule has 2 rings (SSSR count). The largest absolute Gasteiger partial charge is 0.466 e. The van der Waals surface area contributed by atoms with Crippen molar-refractivity contribution in [2.24, 2.45) is 5.92 Å². The van der Waals surface area contributed by atoms with Crippen LogP contribution in [0.25, 0.3) is 0 Å². The first-order valence-corrected chi connectivity index (χ1v) is 7.67. The molecule has 0 N–H and O–H groups in total. The highest BCUT2D eigenvalue weighted by Gasteiger charge is 2.54. The molecule has 0 amide bonds. The summed E-state index contributed by atoms with van der Waals surface area (Å²) in [6, 6.07) is 0. The molecule has 1 aliphatic carbocycles.